The van der Waals surface area contributed by atoms with E-state index in [0.717, 1.165) is 13.0 Å². The number of anilines is 2. The highest BCUT2D eigenvalue weighted by Crippen LogP contribution is 2.25. The summed E-state index contributed by atoms with van der Waals surface area (Å²) in [6.45, 7) is 5.38. The molecule has 2 aromatic heterocycles. The summed E-state index contributed by atoms with van der Waals surface area (Å²) in [4.78, 5) is 8.20. The zero-order chi connectivity index (χ0) is 14.4. The highest BCUT2D eigenvalue weighted by atomic mass is 16.5. The molecule has 0 saturated heterocycles. The van der Waals surface area contributed by atoms with Gasteiger partial charge in [0.2, 0.25) is 5.88 Å². The SMILES string of the molecule is CCCOc1ncnc(NC(C)Cn2cccn2)c1N. The fourth-order valence-electron chi connectivity index (χ4n) is 1.78. The second-order valence-electron chi connectivity index (χ2n) is 4.56. The van der Waals surface area contributed by atoms with Gasteiger partial charge in [-0.1, -0.05) is 6.92 Å². The van der Waals surface area contributed by atoms with Crippen molar-refractivity contribution >= 4 is 11.5 Å². The van der Waals surface area contributed by atoms with Crippen LogP contribution in [0.5, 0.6) is 5.88 Å². The van der Waals surface area contributed by atoms with Gasteiger partial charge in [0.25, 0.3) is 0 Å². The van der Waals surface area contributed by atoms with Crippen LogP contribution in [0.15, 0.2) is 24.8 Å². The quantitative estimate of drug-likeness (QED) is 0.797. The van der Waals surface area contributed by atoms with Gasteiger partial charge >= 0.3 is 0 Å². The molecule has 0 amide bonds. The van der Waals surface area contributed by atoms with Crippen LogP contribution >= 0.6 is 0 Å². The molecule has 7 heteroatoms. The fraction of sp³-hybridized carbons (Fsp3) is 0.462. The van der Waals surface area contributed by atoms with Crippen molar-refractivity contribution in [2.24, 2.45) is 0 Å². The maximum Gasteiger partial charge on any atom is 0.242 e. The lowest BCUT2D eigenvalue weighted by Crippen LogP contribution is -2.23. The van der Waals surface area contributed by atoms with E-state index in [1.807, 2.05) is 30.8 Å². The first-order chi connectivity index (χ1) is 9.70. The second-order valence-corrected chi connectivity index (χ2v) is 4.56. The van der Waals surface area contributed by atoms with Crippen LogP contribution in [-0.4, -0.2) is 32.4 Å². The van der Waals surface area contributed by atoms with Crippen molar-refractivity contribution < 1.29 is 4.74 Å². The van der Waals surface area contributed by atoms with Crippen LogP contribution in [0.2, 0.25) is 0 Å². The molecule has 108 valence electrons. The molecule has 2 heterocycles. The molecule has 3 N–H and O–H groups in total. The number of rotatable bonds is 7. The Morgan fingerprint density at radius 2 is 2.30 bits per heavy atom. The van der Waals surface area contributed by atoms with Crippen molar-refractivity contribution in [3.63, 3.8) is 0 Å². The van der Waals surface area contributed by atoms with Crippen LogP contribution < -0.4 is 15.8 Å². The van der Waals surface area contributed by atoms with Crippen molar-refractivity contribution in [2.45, 2.75) is 32.9 Å². The summed E-state index contributed by atoms with van der Waals surface area (Å²) in [6.07, 6.45) is 6.02. The molecular formula is C13H20N6O. The molecule has 0 fully saturated rings. The van der Waals surface area contributed by atoms with Crippen LogP contribution in [0.3, 0.4) is 0 Å². The van der Waals surface area contributed by atoms with Gasteiger partial charge in [0.05, 0.1) is 13.2 Å². The average molecular weight is 276 g/mol. The average Bonchev–Trinajstić information content (AvgIpc) is 2.92. The van der Waals surface area contributed by atoms with Crippen LogP contribution in [0.1, 0.15) is 20.3 Å². The summed E-state index contributed by atoms with van der Waals surface area (Å²) in [5.41, 5.74) is 6.45. The lowest BCUT2D eigenvalue weighted by molar-refractivity contribution is 0.306. The van der Waals surface area contributed by atoms with Crippen molar-refractivity contribution in [3.8, 4) is 5.88 Å². The van der Waals surface area contributed by atoms with E-state index in [-0.39, 0.29) is 6.04 Å². The van der Waals surface area contributed by atoms with Crippen molar-refractivity contribution in [1.82, 2.24) is 19.7 Å². The Bertz CT molecular complexity index is 528. The van der Waals surface area contributed by atoms with E-state index in [4.69, 9.17) is 10.5 Å². The maximum atomic E-state index is 6.01. The molecule has 20 heavy (non-hydrogen) atoms. The summed E-state index contributed by atoms with van der Waals surface area (Å²) < 4.78 is 7.33. The number of nitrogens with one attached hydrogen (secondary N) is 1. The molecule has 2 aromatic rings. The maximum absolute atomic E-state index is 6.01. The third kappa shape index (κ3) is 3.59. The predicted molar refractivity (Wildman–Crippen MR) is 77.5 cm³/mol. The molecule has 2 rings (SSSR count). The van der Waals surface area contributed by atoms with E-state index in [1.54, 1.807) is 6.20 Å². The minimum Gasteiger partial charge on any atom is -0.476 e. The van der Waals surface area contributed by atoms with E-state index in [1.165, 1.54) is 6.33 Å². The Morgan fingerprint density at radius 3 is 3.00 bits per heavy atom. The number of aromatic nitrogens is 4. The van der Waals surface area contributed by atoms with Crippen LogP contribution in [0, 0.1) is 0 Å². The first kappa shape index (κ1) is 14.1. The number of nitrogen functional groups attached to an aromatic ring is 1. The van der Waals surface area contributed by atoms with Gasteiger partial charge in [-0.25, -0.2) is 4.98 Å². The van der Waals surface area contributed by atoms with Gasteiger partial charge in [-0.3, -0.25) is 4.68 Å². The molecule has 0 radical (unpaired) electrons. The summed E-state index contributed by atoms with van der Waals surface area (Å²) in [7, 11) is 0. The number of hydrogen-bond acceptors (Lipinski definition) is 6. The van der Waals surface area contributed by atoms with Gasteiger partial charge in [0.1, 0.15) is 12.0 Å². The normalized spacial score (nSPS) is 12.1. The van der Waals surface area contributed by atoms with Gasteiger partial charge in [-0.2, -0.15) is 10.1 Å². The number of nitrogens with zero attached hydrogens (tertiary/aromatic N) is 4. The zero-order valence-electron chi connectivity index (χ0n) is 11.8. The molecule has 0 saturated carbocycles. The molecule has 1 unspecified atom stereocenters. The standard InChI is InChI=1S/C13H20N6O/c1-3-7-20-13-11(14)12(15-9-16-13)18-10(2)8-19-6-4-5-17-19/h4-6,9-10H,3,7-8,14H2,1-2H3,(H,15,16,18). The topological polar surface area (TPSA) is 90.9 Å². The Kier molecular flexibility index (Phi) is 4.75. The summed E-state index contributed by atoms with van der Waals surface area (Å²) in [6, 6.07) is 2.02. The lowest BCUT2D eigenvalue weighted by atomic mass is 10.3. The van der Waals surface area contributed by atoms with Crippen molar-refractivity contribution in [2.75, 3.05) is 17.7 Å². The van der Waals surface area contributed by atoms with E-state index >= 15 is 0 Å². The van der Waals surface area contributed by atoms with E-state index in [9.17, 15) is 0 Å². The van der Waals surface area contributed by atoms with Crippen molar-refractivity contribution in [1.29, 1.82) is 0 Å². The molecule has 7 nitrogen and oxygen atoms in total. The minimum atomic E-state index is 0.131. The van der Waals surface area contributed by atoms with E-state index in [0.29, 0.717) is 24.0 Å². The smallest absolute Gasteiger partial charge is 0.242 e. The second kappa shape index (κ2) is 6.74. The van der Waals surface area contributed by atoms with Gasteiger partial charge in [0.15, 0.2) is 5.82 Å². The Balaban J connectivity index is 2.01. The molecule has 0 aliphatic carbocycles. The summed E-state index contributed by atoms with van der Waals surface area (Å²) >= 11 is 0. The monoisotopic (exact) mass is 276 g/mol. The largest absolute Gasteiger partial charge is 0.476 e. The van der Waals surface area contributed by atoms with Gasteiger partial charge in [-0.15, -0.1) is 0 Å². The van der Waals surface area contributed by atoms with Crippen LogP contribution in [0.25, 0.3) is 0 Å². The third-order valence-electron chi connectivity index (χ3n) is 2.69. The van der Waals surface area contributed by atoms with Gasteiger partial charge < -0.3 is 15.8 Å². The summed E-state index contributed by atoms with van der Waals surface area (Å²) in [5.74, 6) is 1.02. The number of ether oxygens (including phenoxy) is 1. The molecule has 0 aromatic carbocycles. The van der Waals surface area contributed by atoms with Gasteiger partial charge in [-0.05, 0) is 19.4 Å². The highest BCUT2D eigenvalue weighted by molar-refractivity contribution is 5.66. The van der Waals surface area contributed by atoms with Crippen LogP contribution in [-0.2, 0) is 6.54 Å². The first-order valence-corrected chi connectivity index (χ1v) is 6.68. The molecule has 0 aliphatic heterocycles. The molecule has 1 atom stereocenters. The highest BCUT2D eigenvalue weighted by Gasteiger charge is 2.12. The predicted octanol–water partition coefficient (Wildman–Crippen LogP) is 1.54. The number of hydrogen-bond donors (Lipinski definition) is 2. The van der Waals surface area contributed by atoms with E-state index < -0.39 is 0 Å². The Hall–Kier alpha value is -2.31. The molecule has 0 spiro atoms. The molecule has 0 bridgehead atoms. The Labute approximate surface area is 118 Å². The zero-order valence-corrected chi connectivity index (χ0v) is 11.8. The van der Waals surface area contributed by atoms with E-state index in [2.05, 4.69) is 20.4 Å². The third-order valence-corrected chi connectivity index (χ3v) is 2.69. The molecular weight excluding hydrogens is 256 g/mol. The van der Waals surface area contributed by atoms with Crippen LogP contribution in [0.4, 0.5) is 11.5 Å². The fourth-order valence-corrected chi connectivity index (χ4v) is 1.78. The van der Waals surface area contributed by atoms with Gasteiger partial charge in [0, 0.05) is 18.4 Å². The number of nitrogens with two attached hydrogens (primary N) is 1. The molecule has 0 aliphatic rings. The first-order valence-electron chi connectivity index (χ1n) is 6.68. The summed E-state index contributed by atoms with van der Waals surface area (Å²) in [5, 5.41) is 7.41. The lowest BCUT2D eigenvalue weighted by Gasteiger charge is -2.16. The minimum absolute atomic E-state index is 0.131. The Morgan fingerprint density at radius 1 is 1.45 bits per heavy atom. The van der Waals surface area contributed by atoms with Crippen molar-refractivity contribution in [3.05, 3.63) is 24.8 Å².